The first kappa shape index (κ1) is 19.1. The summed E-state index contributed by atoms with van der Waals surface area (Å²) in [5.74, 6) is -0.816. The number of hydrogen-bond donors (Lipinski definition) is 2. The minimum Gasteiger partial charge on any atom is -0.504 e. The highest BCUT2D eigenvalue weighted by molar-refractivity contribution is 5.98. The highest BCUT2D eigenvalue weighted by Gasteiger charge is 2.22. The molecule has 0 radical (unpaired) electrons. The van der Waals surface area contributed by atoms with Crippen molar-refractivity contribution in [2.24, 2.45) is 0 Å². The Kier molecular flexibility index (Phi) is 6.43. The molecule has 0 bridgehead atoms. The van der Waals surface area contributed by atoms with Crippen LogP contribution in [-0.4, -0.2) is 36.8 Å². The second-order valence-electron chi connectivity index (χ2n) is 5.35. The highest BCUT2D eigenvalue weighted by Crippen LogP contribution is 2.30. The number of rotatable bonds is 7. The van der Waals surface area contributed by atoms with Crippen molar-refractivity contribution in [3.8, 4) is 17.2 Å². The summed E-state index contributed by atoms with van der Waals surface area (Å²) >= 11 is 0. The number of benzene rings is 2. The number of carbonyl (C=O) groups excluding carboxylic acids is 2. The minimum absolute atomic E-state index is 0.0786. The van der Waals surface area contributed by atoms with Crippen LogP contribution in [0, 0.1) is 0 Å². The molecule has 0 aliphatic rings. The van der Waals surface area contributed by atoms with E-state index in [9.17, 15) is 14.7 Å². The van der Waals surface area contributed by atoms with Crippen LogP contribution in [0.3, 0.4) is 0 Å². The van der Waals surface area contributed by atoms with Gasteiger partial charge in [0.2, 0.25) is 0 Å². The van der Waals surface area contributed by atoms with Crippen LogP contribution in [0.15, 0.2) is 42.5 Å². The average molecular weight is 359 g/mol. The van der Waals surface area contributed by atoms with Crippen molar-refractivity contribution in [1.82, 2.24) is 0 Å². The van der Waals surface area contributed by atoms with E-state index < -0.39 is 18.0 Å². The Balaban J connectivity index is 1.99. The van der Waals surface area contributed by atoms with Gasteiger partial charge in [-0.05, 0) is 50.2 Å². The predicted octanol–water partition coefficient (Wildman–Crippen LogP) is 2.98. The molecule has 0 heterocycles. The standard InChI is InChI=1S/C19H21NO6/c1-4-25-14-10-8-13(9-11-14)20-18(22)12(2)26-19(23)15-6-5-7-16(24-3)17(15)21/h5-12,21H,4H2,1-3H3,(H,20,22). The van der Waals surface area contributed by atoms with Crippen LogP contribution >= 0.6 is 0 Å². The SMILES string of the molecule is CCOc1ccc(NC(=O)C(C)OC(=O)c2cccc(OC)c2O)cc1. The number of aromatic hydroxyl groups is 1. The molecule has 2 aromatic rings. The van der Waals surface area contributed by atoms with Crippen LogP contribution < -0.4 is 14.8 Å². The number of amides is 1. The summed E-state index contributed by atoms with van der Waals surface area (Å²) in [6.07, 6.45) is -1.06. The molecule has 0 aromatic heterocycles. The Hall–Kier alpha value is -3.22. The number of anilines is 1. The van der Waals surface area contributed by atoms with E-state index in [0.717, 1.165) is 0 Å². The zero-order valence-electron chi connectivity index (χ0n) is 14.8. The molecule has 7 heteroatoms. The van der Waals surface area contributed by atoms with Crippen molar-refractivity contribution < 1.29 is 28.9 Å². The molecule has 1 amide bonds. The first-order valence-electron chi connectivity index (χ1n) is 8.07. The zero-order valence-corrected chi connectivity index (χ0v) is 14.8. The Morgan fingerprint density at radius 3 is 2.46 bits per heavy atom. The summed E-state index contributed by atoms with van der Waals surface area (Å²) in [5, 5.41) is 12.6. The maximum absolute atomic E-state index is 12.2. The van der Waals surface area contributed by atoms with Crippen LogP contribution in [0.2, 0.25) is 0 Å². The molecule has 2 aromatic carbocycles. The van der Waals surface area contributed by atoms with Crippen LogP contribution in [0.4, 0.5) is 5.69 Å². The molecule has 0 saturated heterocycles. The second-order valence-corrected chi connectivity index (χ2v) is 5.35. The van der Waals surface area contributed by atoms with Crippen LogP contribution in [0.5, 0.6) is 17.2 Å². The van der Waals surface area contributed by atoms with Gasteiger partial charge in [-0.15, -0.1) is 0 Å². The lowest BCUT2D eigenvalue weighted by atomic mass is 10.2. The van der Waals surface area contributed by atoms with Gasteiger partial charge in [0, 0.05) is 5.69 Å². The van der Waals surface area contributed by atoms with Gasteiger partial charge in [-0.2, -0.15) is 0 Å². The van der Waals surface area contributed by atoms with Crippen molar-refractivity contribution in [3.05, 3.63) is 48.0 Å². The van der Waals surface area contributed by atoms with Gasteiger partial charge in [-0.1, -0.05) is 6.07 Å². The van der Waals surface area contributed by atoms with E-state index in [4.69, 9.17) is 14.2 Å². The van der Waals surface area contributed by atoms with E-state index in [1.165, 1.54) is 26.2 Å². The fourth-order valence-corrected chi connectivity index (χ4v) is 2.17. The molecular formula is C19H21NO6. The molecule has 1 unspecified atom stereocenters. The lowest BCUT2D eigenvalue weighted by Gasteiger charge is -2.15. The molecule has 0 spiro atoms. The van der Waals surface area contributed by atoms with E-state index in [2.05, 4.69) is 5.32 Å². The Labute approximate surface area is 151 Å². The molecule has 0 aliphatic carbocycles. The number of carbonyl (C=O) groups is 2. The van der Waals surface area contributed by atoms with Gasteiger partial charge in [0.05, 0.1) is 13.7 Å². The lowest BCUT2D eigenvalue weighted by molar-refractivity contribution is -0.123. The molecule has 1 atom stereocenters. The molecule has 2 rings (SSSR count). The quantitative estimate of drug-likeness (QED) is 0.738. The van der Waals surface area contributed by atoms with Crippen LogP contribution in [-0.2, 0) is 9.53 Å². The van der Waals surface area contributed by atoms with Gasteiger partial charge < -0.3 is 24.6 Å². The van der Waals surface area contributed by atoms with Gasteiger partial charge in [0.1, 0.15) is 11.3 Å². The number of phenolic OH excluding ortho intramolecular Hbond substituents is 1. The topological polar surface area (TPSA) is 94.1 Å². The Bertz CT molecular complexity index is 772. The zero-order chi connectivity index (χ0) is 19.1. The third-order valence-electron chi connectivity index (χ3n) is 3.52. The number of phenols is 1. The maximum Gasteiger partial charge on any atom is 0.342 e. The highest BCUT2D eigenvalue weighted by atomic mass is 16.5. The summed E-state index contributed by atoms with van der Waals surface area (Å²) in [5.41, 5.74) is 0.468. The van der Waals surface area contributed by atoms with Gasteiger partial charge in [-0.3, -0.25) is 4.79 Å². The molecule has 138 valence electrons. The molecule has 0 fully saturated rings. The maximum atomic E-state index is 12.2. The third-order valence-corrected chi connectivity index (χ3v) is 3.52. The third kappa shape index (κ3) is 4.66. The Morgan fingerprint density at radius 1 is 1.15 bits per heavy atom. The number of ether oxygens (including phenoxy) is 3. The number of nitrogens with one attached hydrogen (secondary N) is 1. The van der Waals surface area contributed by atoms with Gasteiger partial charge in [0.25, 0.3) is 5.91 Å². The first-order chi connectivity index (χ1) is 12.5. The second kappa shape index (κ2) is 8.75. The smallest absolute Gasteiger partial charge is 0.342 e. The summed E-state index contributed by atoms with van der Waals surface area (Å²) in [6.45, 7) is 3.88. The normalized spacial score (nSPS) is 11.3. The number of esters is 1. The van der Waals surface area contributed by atoms with Crippen molar-refractivity contribution in [2.45, 2.75) is 20.0 Å². The molecular weight excluding hydrogens is 338 g/mol. The average Bonchev–Trinajstić information content (AvgIpc) is 2.63. The minimum atomic E-state index is -1.06. The van der Waals surface area contributed by atoms with E-state index in [1.807, 2.05) is 6.92 Å². The summed E-state index contributed by atoms with van der Waals surface area (Å²) in [6, 6.07) is 11.3. The predicted molar refractivity (Wildman–Crippen MR) is 95.8 cm³/mol. The fourth-order valence-electron chi connectivity index (χ4n) is 2.17. The van der Waals surface area contributed by atoms with Crippen molar-refractivity contribution >= 4 is 17.6 Å². The molecule has 0 saturated carbocycles. The number of hydrogen-bond acceptors (Lipinski definition) is 6. The van der Waals surface area contributed by atoms with Crippen molar-refractivity contribution in [3.63, 3.8) is 0 Å². The Morgan fingerprint density at radius 2 is 1.85 bits per heavy atom. The van der Waals surface area contributed by atoms with E-state index in [-0.39, 0.29) is 17.1 Å². The fraction of sp³-hybridized carbons (Fsp3) is 0.263. The summed E-state index contributed by atoms with van der Waals surface area (Å²) in [4.78, 5) is 24.4. The van der Waals surface area contributed by atoms with E-state index in [0.29, 0.717) is 18.0 Å². The molecule has 2 N–H and O–H groups in total. The number of para-hydroxylation sites is 1. The lowest BCUT2D eigenvalue weighted by Crippen LogP contribution is -2.30. The first-order valence-corrected chi connectivity index (χ1v) is 8.07. The largest absolute Gasteiger partial charge is 0.504 e. The molecule has 26 heavy (non-hydrogen) atoms. The molecule has 0 aliphatic heterocycles. The van der Waals surface area contributed by atoms with Crippen molar-refractivity contribution in [2.75, 3.05) is 19.0 Å². The van der Waals surface area contributed by atoms with Gasteiger partial charge >= 0.3 is 5.97 Å². The van der Waals surface area contributed by atoms with Crippen molar-refractivity contribution in [1.29, 1.82) is 0 Å². The number of methoxy groups -OCH3 is 1. The van der Waals surface area contributed by atoms with E-state index in [1.54, 1.807) is 30.3 Å². The van der Waals surface area contributed by atoms with Crippen LogP contribution in [0.1, 0.15) is 24.2 Å². The monoisotopic (exact) mass is 359 g/mol. The van der Waals surface area contributed by atoms with Gasteiger partial charge in [0.15, 0.2) is 17.6 Å². The molecule has 7 nitrogen and oxygen atoms in total. The van der Waals surface area contributed by atoms with E-state index >= 15 is 0 Å². The summed E-state index contributed by atoms with van der Waals surface area (Å²) < 4.78 is 15.4. The van der Waals surface area contributed by atoms with Gasteiger partial charge in [-0.25, -0.2) is 4.79 Å². The summed E-state index contributed by atoms with van der Waals surface area (Å²) in [7, 11) is 1.37. The van der Waals surface area contributed by atoms with Crippen LogP contribution in [0.25, 0.3) is 0 Å².